The molecule has 132 valence electrons. The van der Waals surface area contributed by atoms with Crippen LogP contribution in [0.25, 0.3) is 0 Å². The summed E-state index contributed by atoms with van der Waals surface area (Å²) >= 11 is 0. The van der Waals surface area contributed by atoms with E-state index in [1.807, 2.05) is 6.33 Å². The van der Waals surface area contributed by atoms with Gasteiger partial charge in [0.25, 0.3) is 0 Å². The Morgan fingerprint density at radius 3 is 2.62 bits per heavy atom. The molecule has 0 amide bonds. The number of nitrogens with zero attached hydrogens (tertiary/aromatic N) is 5. The molecule has 7 nitrogen and oxygen atoms in total. The zero-order chi connectivity index (χ0) is 17.3. The molecule has 0 unspecified atom stereocenters. The van der Waals surface area contributed by atoms with E-state index in [2.05, 4.69) is 51.3 Å². The molecule has 2 aromatic heterocycles. The molecule has 0 bridgehead atoms. The molecule has 0 spiro atoms. The SMILES string of the molecule is COCCn1c(Cn2cnc(C(C)(C)C)c2)nnc1C1CC(N)C1. The van der Waals surface area contributed by atoms with Gasteiger partial charge in [0.2, 0.25) is 0 Å². The third-order valence-corrected chi connectivity index (χ3v) is 4.64. The van der Waals surface area contributed by atoms with Gasteiger partial charge in [-0.1, -0.05) is 20.8 Å². The molecule has 2 aromatic rings. The van der Waals surface area contributed by atoms with Crippen molar-refractivity contribution in [3.8, 4) is 0 Å². The number of imidazole rings is 1. The topological polar surface area (TPSA) is 83.8 Å². The Hall–Kier alpha value is -1.73. The zero-order valence-corrected chi connectivity index (χ0v) is 15.1. The molecule has 1 saturated carbocycles. The van der Waals surface area contributed by atoms with Gasteiger partial charge in [-0.3, -0.25) is 0 Å². The molecule has 7 heteroatoms. The highest BCUT2D eigenvalue weighted by molar-refractivity contribution is 5.12. The fourth-order valence-electron chi connectivity index (χ4n) is 3.06. The summed E-state index contributed by atoms with van der Waals surface area (Å²) in [5, 5.41) is 8.88. The van der Waals surface area contributed by atoms with E-state index in [-0.39, 0.29) is 5.41 Å². The van der Waals surface area contributed by atoms with Crippen molar-refractivity contribution in [2.24, 2.45) is 5.73 Å². The Kier molecular flexibility index (Phi) is 4.73. The minimum Gasteiger partial charge on any atom is -0.383 e. The van der Waals surface area contributed by atoms with Crippen LogP contribution in [0.15, 0.2) is 12.5 Å². The highest BCUT2D eigenvalue weighted by atomic mass is 16.5. The molecule has 2 N–H and O–H groups in total. The van der Waals surface area contributed by atoms with Gasteiger partial charge in [0.05, 0.1) is 25.2 Å². The molecule has 1 aliphatic carbocycles. The molecule has 0 saturated heterocycles. The summed E-state index contributed by atoms with van der Waals surface area (Å²) in [5.74, 6) is 2.41. The van der Waals surface area contributed by atoms with E-state index in [0.29, 0.717) is 25.1 Å². The number of hydrogen-bond donors (Lipinski definition) is 1. The minimum absolute atomic E-state index is 0.0439. The number of nitrogens with two attached hydrogens (primary N) is 1. The van der Waals surface area contributed by atoms with E-state index in [9.17, 15) is 0 Å². The fourth-order valence-corrected chi connectivity index (χ4v) is 3.06. The van der Waals surface area contributed by atoms with Gasteiger partial charge in [-0.2, -0.15) is 0 Å². The second kappa shape index (κ2) is 6.64. The first-order chi connectivity index (χ1) is 11.4. The second-order valence-electron chi connectivity index (χ2n) is 7.73. The molecule has 1 fully saturated rings. The van der Waals surface area contributed by atoms with Crippen LogP contribution < -0.4 is 5.73 Å². The van der Waals surface area contributed by atoms with Crippen LogP contribution in [0.1, 0.15) is 56.9 Å². The normalized spacial score (nSPS) is 21.0. The number of ether oxygens (including phenoxy) is 1. The van der Waals surface area contributed by atoms with Gasteiger partial charge in [-0.05, 0) is 12.8 Å². The highest BCUT2D eigenvalue weighted by Gasteiger charge is 2.32. The van der Waals surface area contributed by atoms with Crippen molar-refractivity contribution in [1.82, 2.24) is 24.3 Å². The Labute approximate surface area is 143 Å². The van der Waals surface area contributed by atoms with Crippen LogP contribution in [0.5, 0.6) is 0 Å². The maximum atomic E-state index is 5.94. The molecule has 0 aromatic carbocycles. The summed E-state index contributed by atoms with van der Waals surface area (Å²) < 4.78 is 9.52. The van der Waals surface area contributed by atoms with Crippen LogP contribution in [0.4, 0.5) is 0 Å². The Morgan fingerprint density at radius 2 is 2.04 bits per heavy atom. The van der Waals surface area contributed by atoms with Crippen molar-refractivity contribution in [1.29, 1.82) is 0 Å². The monoisotopic (exact) mass is 332 g/mol. The number of rotatable bonds is 6. The fraction of sp³-hybridized carbons (Fsp3) is 0.706. The lowest BCUT2D eigenvalue weighted by Gasteiger charge is -2.31. The smallest absolute Gasteiger partial charge is 0.153 e. The molecule has 0 atom stereocenters. The lowest BCUT2D eigenvalue weighted by molar-refractivity contribution is 0.183. The van der Waals surface area contributed by atoms with E-state index < -0.39 is 0 Å². The average molecular weight is 332 g/mol. The average Bonchev–Trinajstić information content (AvgIpc) is 3.09. The molecule has 0 aliphatic heterocycles. The summed E-state index contributed by atoms with van der Waals surface area (Å²) in [4.78, 5) is 4.52. The largest absolute Gasteiger partial charge is 0.383 e. The van der Waals surface area contributed by atoms with Gasteiger partial charge in [-0.15, -0.1) is 10.2 Å². The number of aromatic nitrogens is 5. The van der Waals surface area contributed by atoms with Crippen LogP contribution in [0.3, 0.4) is 0 Å². The Morgan fingerprint density at radius 1 is 1.29 bits per heavy atom. The third kappa shape index (κ3) is 3.52. The number of hydrogen-bond acceptors (Lipinski definition) is 5. The number of methoxy groups -OCH3 is 1. The van der Waals surface area contributed by atoms with Gasteiger partial charge in [0.1, 0.15) is 5.82 Å². The zero-order valence-electron chi connectivity index (χ0n) is 15.1. The summed E-state index contributed by atoms with van der Waals surface area (Å²) in [5.41, 5.74) is 7.06. The third-order valence-electron chi connectivity index (χ3n) is 4.64. The van der Waals surface area contributed by atoms with E-state index in [1.54, 1.807) is 7.11 Å². The summed E-state index contributed by atoms with van der Waals surface area (Å²) in [6.07, 6.45) is 5.94. The Bertz CT molecular complexity index is 678. The molecular formula is C17H28N6O. The van der Waals surface area contributed by atoms with Gasteiger partial charge in [-0.25, -0.2) is 4.98 Å². The first kappa shape index (κ1) is 17.1. The summed E-state index contributed by atoms with van der Waals surface area (Å²) in [6.45, 7) is 8.57. The van der Waals surface area contributed by atoms with E-state index >= 15 is 0 Å². The minimum atomic E-state index is 0.0439. The van der Waals surface area contributed by atoms with Gasteiger partial charge < -0.3 is 19.6 Å². The quantitative estimate of drug-likeness (QED) is 0.870. The molecule has 1 aliphatic rings. The Balaban J connectivity index is 1.80. The molecule has 3 rings (SSSR count). The molecule has 2 heterocycles. The van der Waals surface area contributed by atoms with Crippen LogP contribution >= 0.6 is 0 Å². The lowest BCUT2D eigenvalue weighted by Crippen LogP contribution is -2.36. The van der Waals surface area contributed by atoms with Crippen molar-refractivity contribution in [2.75, 3.05) is 13.7 Å². The summed E-state index contributed by atoms with van der Waals surface area (Å²) in [6, 6.07) is 0.300. The highest BCUT2D eigenvalue weighted by Crippen LogP contribution is 2.34. The maximum Gasteiger partial charge on any atom is 0.153 e. The van der Waals surface area contributed by atoms with Crippen molar-refractivity contribution >= 4 is 0 Å². The van der Waals surface area contributed by atoms with Crippen LogP contribution in [-0.4, -0.2) is 44.1 Å². The van der Waals surface area contributed by atoms with Crippen molar-refractivity contribution in [2.45, 2.75) is 64.1 Å². The second-order valence-corrected chi connectivity index (χ2v) is 7.73. The predicted molar refractivity (Wildman–Crippen MR) is 91.9 cm³/mol. The van der Waals surface area contributed by atoms with E-state index in [0.717, 1.165) is 36.7 Å². The van der Waals surface area contributed by atoms with E-state index in [1.165, 1.54) is 0 Å². The van der Waals surface area contributed by atoms with Crippen molar-refractivity contribution in [3.05, 3.63) is 29.9 Å². The first-order valence-corrected chi connectivity index (χ1v) is 8.57. The van der Waals surface area contributed by atoms with Gasteiger partial charge >= 0.3 is 0 Å². The lowest BCUT2D eigenvalue weighted by atomic mass is 9.80. The summed E-state index contributed by atoms with van der Waals surface area (Å²) in [7, 11) is 1.72. The molecule has 24 heavy (non-hydrogen) atoms. The van der Waals surface area contributed by atoms with Crippen molar-refractivity contribution in [3.63, 3.8) is 0 Å². The standard InChI is InChI=1S/C17H28N6O/c1-17(2,3)14-9-22(11-19-14)10-15-20-21-16(12-7-13(18)8-12)23(15)5-6-24-4/h9,11-13H,5-8,10,18H2,1-4H3. The van der Waals surface area contributed by atoms with Gasteiger partial charge in [0, 0.05) is 37.2 Å². The van der Waals surface area contributed by atoms with E-state index in [4.69, 9.17) is 10.5 Å². The van der Waals surface area contributed by atoms with Gasteiger partial charge in [0.15, 0.2) is 5.82 Å². The molecular weight excluding hydrogens is 304 g/mol. The maximum absolute atomic E-state index is 5.94. The van der Waals surface area contributed by atoms with Crippen LogP contribution in [-0.2, 0) is 23.2 Å². The van der Waals surface area contributed by atoms with Crippen molar-refractivity contribution < 1.29 is 4.74 Å². The van der Waals surface area contributed by atoms with Crippen LogP contribution in [0.2, 0.25) is 0 Å². The predicted octanol–water partition coefficient (Wildman–Crippen LogP) is 1.67. The molecule has 0 radical (unpaired) electrons. The first-order valence-electron chi connectivity index (χ1n) is 8.57. The van der Waals surface area contributed by atoms with Crippen LogP contribution in [0, 0.1) is 0 Å².